The van der Waals surface area contributed by atoms with Crippen molar-refractivity contribution in [3.05, 3.63) is 0 Å². The Bertz CT molecular complexity index is 635. The van der Waals surface area contributed by atoms with E-state index in [4.69, 9.17) is 9.90 Å². The number of rotatable bonds is 15. The lowest BCUT2D eigenvalue weighted by Crippen LogP contribution is -2.52. The van der Waals surface area contributed by atoms with Gasteiger partial charge in [-0.3, -0.25) is 4.90 Å². The highest BCUT2D eigenvalue weighted by Crippen LogP contribution is 2.19. The van der Waals surface area contributed by atoms with E-state index >= 15 is 0 Å². The van der Waals surface area contributed by atoms with Crippen molar-refractivity contribution in [1.82, 2.24) is 15.1 Å². The Kier molecular flexibility index (Phi) is 15.3. The van der Waals surface area contributed by atoms with E-state index in [1.807, 2.05) is 0 Å². The van der Waals surface area contributed by atoms with Crippen LogP contribution in [0.5, 0.6) is 0 Å². The van der Waals surface area contributed by atoms with Crippen LogP contribution in [0.2, 0.25) is 103 Å². The van der Waals surface area contributed by atoms with Crippen molar-refractivity contribution in [1.29, 1.82) is 0 Å². The lowest BCUT2D eigenvalue weighted by Gasteiger charge is -2.34. The van der Waals surface area contributed by atoms with Crippen LogP contribution in [0, 0.1) is 0 Å². The quantitative estimate of drug-likeness (QED) is 0.107. The van der Waals surface area contributed by atoms with Crippen molar-refractivity contribution in [2.45, 2.75) is 109 Å². The van der Waals surface area contributed by atoms with Crippen molar-refractivity contribution >= 4 is 45.0 Å². The fourth-order valence-corrected chi connectivity index (χ4v) is 7.55. The molecule has 1 aliphatic rings. The molecule has 1 N–H and O–H groups in total. The Hall–Kier alpha value is -0.112. The van der Waals surface area contributed by atoms with Gasteiger partial charge in [0.1, 0.15) is 12.7 Å². The molecule has 0 bridgehead atoms. The average molecular weight is 561 g/mol. The largest absolute Gasteiger partial charge is 0.554 e. The molecule has 0 saturated heterocycles. The van der Waals surface area contributed by atoms with E-state index in [9.17, 15) is 0 Å². The van der Waals surface area contributed by atoms with Gasteiger partial charge in [0, 0.05) is 50.0 Å². The van der Waals surface area contributed by atoms with Gasteiger partial charge in [0.05, 0.1) is 8.07 Å². The van der Waals surface area contributed by atoms with Crippen LogP contribution in [-0.2, 0) is 4.79 Å². The van der Waals surface area contributed by atoms with E-state index in [1.54, 1.807) is 0 Å². The van der Waals surface area contributed by atoms with Crippen LogP contribution in [-0.4, -0.2) is 105 Å². The van der Waals surface area contributed by atoms with Crippen molar-refractivity contribution in [2.24, 2.45) is 0 Å². The van der Waals surface area contributed by atoms with Crippen LogP contribution < -0.4 is 10.4 Å². The van der Waals surface area contributed by atoms with E-state index in [0.29, 0.717) is 6.17 Å². The molecule has 1 aliphatic heterocycles. The van der Waals surface area contributed by atoms with Gasteiger partial charge >= 0.3 is 0 Å². The highest BCUT2D eigenvalue weighted by molar-refractivity contribution is 6.77. The maximum Gasteiger partial charge on any atom is 0.200 e. The first-order valence-electron chi connectivity index (χ1n) is 13.6. The van der Waals surface area contributed by atoms with E-state index in [2.05, 4.69) is 104 Å². The summed E-state index contributed by atoms with van der Waals surface area (Å²) in [5.41, 5.74) is 0. The van der Waals surface area contributed by atoms with Gasteiger partial charge in [0.25, 0.3) is 0 Å². The third kappa shape index (κ3) is 19.6. The summed E-state index contributed by atoms with van der Waals surface area (Å²) in [5.74, 6) is 0. The van der Waals surface area contributed by atoms with E-state index in [0.717, 1.165) is 13.3 Å². The van der Waals surface area contributed by atoms with E-state index in [1.165, 1.54) is 50.4 Å². The summed E-state index contributed by atoms with van der Waals surface area (Å²) < 4.78 is 2.65. The third-order valence-corrected chi connectivity index (χ3v) is 13.2. The normalized spacial score (nSPS) is 17.9. The predicted molar refractivity (Wildman–Crippen MR) is 165 cm³/mol. The van der Waals surface area contributed by atoms with Crippen molar-refractivity contribution in [3.63, 3.8) is 0 Å². The lowest BCUT2D eigenvalue weighted by molar-refractivity contribution is -0.528. The summed E-state index contributed by atoms with van der Waals surface area (Å²) in [6.07, 6.45) is 3.05. The Morgan fingerprint density at radius 1 is 0.886 bits per heavy atom. The van der Waals surface area contributed by atoms with Gasteiger partial charge < -0.3 is 15.2 Å². The summed E-state index contributed by atoms with van der Waals surface area (Å²) in [6, 6.07) is 5.53. The summed E-state index contributed by atoms with van der Waals surface area (Å²) in [5, 5.41) is 12.1. The van der Waals surface area contributed by atoms with Crippen molar-refractivity contribution in [2.75, 3.05) is 39.5 Å². The molecule has 1 rings (SSSR count). The van der Waals surface area contributed by atoms with Gasteiger partial charge in [-0.15, -0.1) is 0 Å². The van der Waals surface area contributed by atoms with Crippen LogP contribution >= 0.6 is 0 Å². The fraction of sp³-hybridized carbons (Fsp3) is 0.920. The number of carbonyl (C=O) groups is 1. The second-order valence-corrected chi connectivity index (χ2v) is 37.6. The Morgan fingerprint density at radius 3 is 1.83 bits per heavy atom. The summed E-state index contributed by atoms with van der Waals surface area (Å²) >= 11 is 0. The zero-order valence-corrected chi connectivity index (χ0v) is 29.5. The van der Waals surface area contributed by atoms with Gasteiger partial charge in [-0.2, -0.15) is 0 Å². The maximum absolute atomic E-state index is 8.25. The number of nitrogens with zero attached hydrogens (tertiary/aromatic N) is 3. The molecule has 0 aromatic carbocycles. The molecule has 0 aliphatic carbocycles. The number of nitrogens with one attached hydrogen (secondary N) is 1. The molecule has 35 heavy (non-hydrogen) atoms. The average Bonchev–Trinajstić information content (AvgIpc) is 3.05. The highest BCUT2D eigenvalue weighted by Gasteiger charge is 2.36. The number of carboxylic acid groups (broad SMARTS) is 1. The van der Waals surface area contributed by atoms with Crippen LogP contribution in [0.3, 0.4) is 0 Å². The van der Waals surface area contributed by atoms with Gasteiger partial charge in [-0.25, -0.2) is 9.48 Å². The third-order valence-electron chi connectivity index (χ3n) is 6.27. The molecular formula is C25H60N4O2Si4. The molecule has 0 saturated carbocycles. The maximum atomic E-state index is 8.25. The monoisotopic (exact) mass is 560 g/mol. The first-order chi connectivity index (χ1) is 15.8. The highest BCUT2D eigenvalue weighted by atomic mass is 28.3. The SMILES string of the molecule is C[Si](C)(C)CCNCN(CC[Si](C)(C)C)C1C=[N+](CC[Si](C)(C)C)CN1CC[Si](C)(C)C.O=C[O-]. The van der Waals surface area contributed by atoms with Crippen molar-refractivity contribution < 1.29 is 14.5 Å². The zero-order valence-electron chi connectivity index (χ0n) is 25.5. The molecule has 1 atom stereocenters. The minimum Gasteiger partial charge on any atom is -0.554 e. The number of hydrogen-bond donors (Lipinski definition) is 1. The molecule has 1 heterocycles. The zero-order chi connectivity index (χ0) is 27.5. The molecular weight excluding hydrogens is 501 g/mol. The van der Waals surface area contributed by atoms with Gasteiger partial charge in [-0.1, -0.05) is 78.6 Å². The smallest absolute Gasteiger partial charge is 0.200 e. The Labute approximate surface area is 222 Å². The molecule has 1 unspecified atom stereocenters. The molecule has 6 nitrogen and oxygen atoms in total. The molecule has 0 spiro atoms. The standard InChI is InChI=1S/C24H59N4Si4.CH2O2/c1-29(2,3)17-13-25-22-27(15-19-31(7,8)9)24-21-26(14-18-30(4,5)6)23-28(24)16-20-32(10,11)12;2-1-3/h21,24-25H,13-20,22-23H2,1-12H3;1H,(H,2,3)/q+1;/p-1. The molecule has 10 heteroatoms. The second-order valence-electron chi connectivity index (χ2n) is 15.1. The second kappa shape index (κ2) is 15.3. The lowest BCUT2D eigenvalue weighted by atomic mass is 10.4. The minimum absolute atomic E-state index is 0.462. The first kappa shape index (κ1) is 34.9. The fourth-order valence-electron chi connectivity index (χ4n) is 3.75. The van der Waals surface area contributed by atoms with Crippen LogP contribution in [0.25, 0.3) is 0 Å². The molecule has 0 radical (unpaired) electrons. The summed E-state index contributed by atoms with van der Waals surface area (Å²) in [7, 11) is -4.13. The topological polar surface area (TPSA) is 61.7 Å². The summed E-state index contributed by atoms with van der Waals surface area (Å²) in [6.45, 7) is 36.6. The number of hydrogen-bond acceptors (Lipinski definition) is 5. The minimum atomic E-state index is -1.07. The van der Waals surface area contributed by atoms with Gasteiger partial charge in [-0.05, 0) is 31.2 Å². The Morgan fingerprint density at radius 2 is 1.37 bits per heavy atom. The van der Waals surface area contributed by atoms with Crippen LogP contribution in [0.1, 0.15) is 0 Å². The number of carbonyl (C=O) groups excluding carboxylic acids is 1. The van der Waals surface area contributed by atoms with Gasteiger partial charge in [0.2, 0.25) is 6.67 Å². The molecule has 208 valence electrons. The van der Waals surface area contributed by atoms with Crippen molar-refractivity contribution in [3.8, 4) is 0 Å². The predicted octanol–water partition coefficient (Wildman–Crippen LogP) is 4.24. The van der Waals surface area contributed by atoms with Crippen LogP contribution in [0.15, 0.2) is 0 Å². The molecule has 0 aromatic rings. The van der Waals surface area contributed by atoms with E-state index in [-0.39, 0.29) is 0 Å². The van der Waals surface area contributed by atoms with Crippen LogP contribution in [0.4, 0.5) is 0 Å². The van der Waals surface area contributed by atoms with Gasteiger partial charge in [0.15, 0.2) is 6.21 Å². The Balaban J connectivity index is 0.00000365. The first-order valence-corrected chi connectivity index (χ1v) is 28.4. The molecule has 0 fully saturated rings. The van der Waals surface area contributed by atoms with E-state index < -0.39 is 38.8 Å². The summed E-state index contributed by atoms with van der Waals surface area (Å²) in [4.78, 5) is 13.8. The molecule has 0 aromatic heterocycles. The molecule has 0 amide bonds.